The first-order valence-electron chi connectivity index (χ1n) is 7.96. The molecule has 0 bridgehead atoms. The van der Waals surface area contributed by atoms with E-state index in [2.05, 4.69) is 4.72 Å². The first-order valence-corrected chi connectivity index (χ1v) is 9.44. The number of sulfonamides is 1. The van der Waals surface area contributed by atoms with Crippen LogP contribution in [0.1, 0.15) is 28.5 Å². The molecular formula is C17H21N3O3S. The highest BCUT2D eigenvalue weighted by atomic mass is 32.2. The van der Waals surface area contributed by atoms with E-state index < -0.39 is 10.0 Å². The van der Waals surface area contributed by atoms with Crippen LogP contribution in [-0.2, 0) is 23.1 Å². The van der Waals surface area contributed by atoms with Crippen LogP contribution in [0.25, 0.3) is 0 Å². The molecule has 128 valence electrons. The second-order valence-electron chi connectivity index (χ2n) is 5.89. The van der Waals surface area contributed by atoms with E-state index in [0.29, 0.717) is 25.3 Å². The molecule has 3 rings (SSSR count). The van der Waals surface area contributed by atoms with Crippen molar-refractivity contribution in [1.29, 1.82) is 0 Å². The molecule has 0 aliphatic carbocycles. The van der Waals surface area contributed by atoms with Gasteiger partial charge < -0.3 is 9.47 Å². The Morgan fingerprint density at radius 3 is 2.67 bits per heavy atom. The Morgan fingerprint density at radius 1 is 1.21 bits per heavy atom. The normalized spacial score (nSPS) is 14.8. The van der Waals surface area contributed by atoms with Crippen LogP contribution in [-0.4, -0.2) is 36.9 Å². The number of amides is 1. The van der Waals surface area contributed by atoms with Crippen LogP contribution in [0.15, 0.2) is 41.4 Å². The Hall–Kier alpha value is -2.12. The summed E-state index contributed by atoms with van der Waals surface area (Å²) in [7, 11) is -3.66. The number of likely N-dealkylation sites (N-methyl/N-ethyl adjacent to an activating group) is 1. The molecule has 0 unspecified atom stereocenters. The van der Waals surface area contributed by atoms with E-state index in [1.165, 1.54) is 6.07 Å². The summed E-state index contributed by atoms with van der Waals surface area (Å²) in [5.41, 5.74) is 2.39. The largest absolute Gasteiger partial charge is 0.340 e. The van der Waals surface area contributed by atoms with Crippen LogP contribution in [0.5, 0.6) is 0 Å². The molecule has 1 aromatic heterocycles. The van der Waals surface area contributed by atoms with Crippen LogP contribution in [0.3, 0.4) is 0 Å². The number of aryl methyl sites for hydroxylation is 1. The monoisotopic (exact) mass is 347 g/mol. The molecule has 0 fully saturated rings. The Labute approximate surface area is 142 Å². The molecule has 1 aliphatic rings. The maximum absolute atomic E-state index is 12.5. The zero-order valence-corrected chi connectivity index (χ0v) is 14.6. The average molecular weight is 347 g/mol. The quantitative estimate of drug-likeness (QED) is 0.896. The molecule has 0 atom stereocenters. The third kappa shape index (κ3) is 3.09. The first kappa shape index (κ1) is 16.7. The van der Waals surface area contributed by atoms with Gasteiger partial charge >= 0.3 is 0 Å². The van der Waals surface area contributed by atoms with E-state index >= 15 is 0 Å². The van der Waals surface area contributed by atoms with Crippen LogP contribution >= 0.6 is 0 Å². The lowest BCUT2D eigenvalue weighted by Crippen LogP contribution is -2.39. The fraction of sp³-hybridized carbons (Fsp3) is 0.353. The number of hydrogen-bond donors (Lipinski definition) is 1. The lowest BCUT2D eigenvalue weighted by molar-refractivity contribution is 0.0715. The minimum absolute atomic E-state index is 0.121. The highest BCUT2D eigenvalue weighted by molar-refractivity contribution is 7.89. The van der Waals surface area contributed by atoms with Gasteiger partial charge in [0.25, 0.3) is 5.91 Å². The van der Waals surface area contributed by atoms with Gasteiger partial charge in [0.15, 0.2) is 0 Å². The standard InChI is InChI=1S/C17H21N3O3S/c1-3-19-8-9-20-12-15(10-16(20)17(19)21)24(22,23)18-11-14-7-5-4-6-13(14)2/h4-7,10,12,18H,3,8-9,11H2,1-2H3. The predicted molar refractivity (Wildman–Crippen MR) is 91.2 cm³/mol. The molecule has 2 aromatic rings. The van der Waals surface area contributed by atoms with E-state index in [1.807, 2.05) is 38.1 Å². The first-order chi connectivity index (χ1) is 11.4. The minimum atomic E-state index is -3.66. The van der Waals surface area contributed by atoms with Gasteiger partial charge in [-0.05, 0) is 31.0 Å². The second-order valence-corrected chi connectivity index (χ2v) is 7.66. The molecular weight excluding hydrogens is 326 g/mol. The van der Waals surface area contributed by atoms with Crippen molar-refractivity contribution in [1.82, 2.24) is 14.2 Å². The zero-order valence-electron chi connectivity index (χ0n) is 13.8. The van der Waals surface area contributed by atoms with Crippen molar-refractivity contribution in [2.24, 2.45) is 0 Å². The summed E-state index contributed by atoms with van der Waals surface area (Å²) < 4.78 is 29.4. The van der Waals surface area contributed by atoms with Crippen LogP contribution in [0.2, 0.25) is 0 Å². The van der Waals surface area contributed by atoms with Crippen LogP contribution in [0.4, 0.5) is 0 Å². The summed E-state index contributed by atoms with van der Waals surface area (Å²) in [6, 6.07) is 9.10. The lowest BCUT2D eigenvalue weighted by atomic mass is 10.1. The van der Waals surface area contributed by atoms with Gasteiger partial charge in [0.2, 0.25) is 10.0 Å². The summed E-state index contributed by atoms with van der Waals surface area (Å²) in [5.74, 6) is -0.121. The maximum Gasteiger partial charge on any atom is 0.270 e. The van der Waals surface area contributed by atoms with Crippen molar-refractivity contribution in [3.63, 3.8) is 0 Å². The molecule has 24 heavy (non-hydrogen) atoms. The van der Waals surface area contributed by atoms with Gasteiger partial charge in [-0.1, -0.05) is 24.3 Å². The molecule has 1 amide bonds. The smallest absolute Gasteiger partial charge is 0.270 e. The maximum atomic E-state index is 12.5. The topological polar surface area (TPSA) is 71.4 Å². The average Bonchev–Trinajstić information content (AvgIpc) is 3.01. The SMILES string of the molecule is CCN1CCn2cc(S(=O)(=O)NCc3ccccc3C)cc2C1=O. The number of hydrogen-bond acceptors (Lipinski definition) is 3. The van der Waals surface area contributed by atoms with E-state index in [9.17, 15) is 13.2 Å². The number of rotatable bonds is 5. The molecule has 2 heterocycles. The highest BCUT2D eigenvalue weighted by Gasteiger charge is 2.27. The molecule has 1 aliphatic heterocycles. The fourth-order valence-corrected chi connectivity index (χ4v) is 3.90. The third-order valence-corrected chi connectivity index (χ3v) is 5.76. The van der Waals surface area contributed by atoms with E-state index in [0.717, 1.165) is 11.1 Å². The predicted octanol–water partition coefficient (Wildman–Crippen LogP) is 1.75. The van der Waals surface area contributed by atoms with Gasteiger partial charge in [-0.3, -0.25) is 4.79 Å². The molecule has 1 aromatic carbocycles. The highest BCUT2D eigenvalue weighted by Crippen LogP contribution is 2.20. The lowest BCUT2D eigenvalue weighted by Gasteiger charge is -2.26. The van der Waals surface area contributed by atoms with Crippen molar-refractivity contribution in [2.45, 2.75) is 31.8 Å². The molecule has 6 nitrogen and oxygen atoms in total. The summed E-state index contributed by atoms with van der Waals surface area (Å²) in [4.78, 5) is 14.2. The third-order valence-electron chi connectivity index (χ3n) is 4.39. The van der Waals surface area contributed by atoms with E-state index in [4.69, 9.17) is 0 Å². The Balaban J connectivity index is 1.81. The number of nitrogens with zero attached hydrogens (tertiary/aromatic N) is 2. The molecule has 0 saturated carbocycles. The van der Waals surface area contributed by atoms with Gasteiger partial charge in [0.1, 0.15) is 10.6 Å². The van der Waals surface area contributed by atoms with Crippen molar-refractivity contribution >= 4 is 15.9 Å². The summed E-state index contributed by atoms with van der Waals surface area (Å²) in [6.45, 7) is 5.92. The van der Waals surface area contributed by atoms with Crippen LogP contribution in [0, 0.1) is 6.92 Å². The van der Waals surface area contributed by atoms with Gasteiger partial charge in [0, 0.05) is 32.4 Å². The summed E-state index contributed by atoms with van der Waals surface area (Å²) in [5, 5.41) is 0. The van der Waals surface area contributed by atoms with Gasteiger partial charge in [-0.2, -0.15) is 0 Å². The van der Waals surface area contributed by atoms with Crippen molar-refractivity contribution in [2.75, 3.05) is 13.1 Å². The van der Waals surface area contributed by atoms with Crippen molar-refractivity contribution < 1.29 is 13.2 Å². The minimum Gasteiger partial charge on any atom is -0.340 e. The number of carbonyl (C=O) groups is 1. The second kappa shape index (κ2) is 6.41. The number of carbonyl (C=O) groups excluding carboxylic acids is 1. The Kier molecular flexibility index (Phi) is 4.47. The Morgan fingerprint density at radius 2 is 1.96 bits per heavy atom. The number of aromatic nitrogens is 1. The fourth-order valence-electron chi connectivity index (χ4n) is 2.85. The van der Waals surface area contributed by atoms with Crippen LogP contribution < -0.4 is 4.72 Å². The van der Waals surface area contributed by atoms with Gasteiger partial charge in [-0.15, -0.1) is 0 Å². The number of nitrogens with one attached hydrogen (secondary N) is 1. The molecule has 0 saturated heterocycles. The van der Waals surface area contributed by atoms with Crippen molar-refractivity contribution in [3.8, 4) is 0 Å². The zero-order chi connectivity index (χ0) is 17.3. The Bertz CT molecular complexity index is 871. The molecule has 0 spiro atoms. The van der Waals surface area contributed by atoms with Crippen molar-refractivity contribution in [3.05, 3.63) is 53.3 Å². The number of fused-ring (bicyclic) bond motifs is 1. The molecule has 1 N–H and O–H groups in total. The van der Waals surface area contributed by atoms with Gasteiger partial charge in [0.05, 0.1) is 0 Å². The van der Waals surface area contributed by atoms with Gasteiger partial charge in [-0.25, -0.2) is 13.1 Å². The van der Waals surface area contributed by atoms with E-state index in [-0.39, 0.29) is 17.3 Å². The summed E-state index contributed by atoms with van der Waals surface area (Å²) in [6.07, 6.45) is 1.54. The summed E-state index contributed by atoms with van der Waals surface area (Å²) >= 11 is 0. The van der Waals surface area contributed by atoms with E-state index in [1.54, 1.807) is 15.7 Å². The molecule has 7 heteroatoms. The number of benzene rings is 1. The molecule has 0 radical (unpaired) electrons.